The molecule has 0 atom stereocenters. The summed E-state index contributed by atoms with van der Waals surface area (Å²) in [7, 11) is 0. The zero-order valence-electron chi connectivity index (χ0n) is 11.4. The van der Waals surface area contributed by atoms with Crippen LogP contribution in [0.4, 0.5) is 0 Å². The lowest BCUT2D eigenvalue weighted by Gasteiger charge is -2.30. The Morgan fingerprint density at radius 3 is 2.39 bits per heavy atom. The number of carbonyl (C=O) groups is 1. The van der Waals surface area contributed by atoms with Crippen molar-refractivity contribution < 1.29 is 9.90 Å². The molecule has 0 aliphatic carbocycles. The number of hydrogen-bond donors (Lipinski definition) is 1. The third-order valence-corrected chi connectivity index (χ3v) is 3.21. The lowest BCUT2D eigenvalue weighted by atomic mass is 10.2. The summed E-state index contributed by atoms with van der Waals surface area (Å²) < 4.78 is 1.70. The molecule has 0 bridgehead atoms. The summed E-state index contributed by atoms with van der Waals surface area (Å²) in [5.41, 5.74) is 0.243. The fraction of sp³-hybridized carbons (Fsp3) is 0.615. The van der Waals surface area contributed by atoms with E-state index in [1.54, 1.807) is 10.8 Å². The maximum atomic E-state index is 11.1. The second kappa shape index (κ2) is 6.25. The van der Waals surface area contributed by atoms with Gasteiger partial charge in [-0.05, 0) is 33.8 Å². The minimum absolute atomic E-state index is 0.243. The van der Waals surface area contributed by atoms with Crippen molar-refractivity contribution >= 4 is 17.6 Å². The molecule has 0 fully saturated rings. The molecule has 102 valence electrons. The van der Waals surface area contributed by atoms with Crippen LogP contribution in [0.15, 0.2) is 12.3 Å². The molecule has 4 nitrogen and oxygen atoms in total. The Morgan fingerprint density at radius 2 is 1.94 bits per heavy atom. The number of nitrogens with zero attached hydrogens (tertiary/aromatic N) is 2. The normalized spacial score (nSPS) is 11.8. The first-order valence-electron chi connectivity index (χ1n) is 6.17. The van der Waals surface area contributed by atoms with Gasteiger partial charge in [0.1, 0.15) is 5.69 Å². The third-order valence-electron chi connectivity index (χ3n) is 3.01. The van der Waals surface area contributed by atoms with E-state index >= 15 is 0 Å². The molecule has 0 unspecified atom stereocenters. The fourth-order valence-electron chi connectivity index (χ4n) is 2.17. The number of aromatic nitrogens is 1. The quantitative estimate of drug-likeness (QED) is 0.866. The van der Waals surface area contributed by atoms with E-state index in [9.17, 15) is 4.79 Å². The van der Waals surface area contributed by atoms with Crippen LogP contribution in [0.3, 0.4) is 0 Å². The predicted octanol–water partition coefficient (Wildman–Crippen LogP) is 2.96. The zero-order valence-corrected chi connectivity index (χ0v) is 12.1. The molecule has 5 heteroatoms. The van der Waals surface area contributed by atoms with Crippen molar-refractivity contribution in [2.75, 3.05) is 6.54 Å². The molecule has 0 aliphatic heterocycles. The van der Waals surface area contributed by atoms with E-state index in [2.05, 4.69) is 32.6 Å². The van der Waals surface area contributed by atoms with Crippen LogP contribution < -0.4 is 0 Å². The number of halogens is 1. The molecule has 1 rings (SSSR count). The summed E-state index contributed by atoms with van der Waals surface area (Å²) in [5.74, 6) is -0.942. The lowest BCUT2D eigenvalue weighted by Crippen LogP contribution is -2.39. The van der Waals surface area contributed by atoms with E-state index in [0.29, 0.717) is 23.7 Å². The van der Waals surface area contributed by atoms with Crippen LogP contribution in [-0.4, -0.2) is 39.2 Å². The molecule has 0 aliphatic rings. The monoisotopic (exact) mass is 272 g/mol. The molecule has 1 N–H and O–H groups in total. The number of carboxylic acid groups (broad SMARTS) is 1. The SMILES string of the molecule is CC(C)N(CCn1cc(Cl)cc1C(=O)O)C(C)C. The first-order chi connectivity index (χ1) is 8.32. The van der Waals surface area contributed by atoms with Gasteiger partial charge in [0.25, 0.3) is 0 Å². The van der Waals surface area contributed by atoms with Gasteiger partial charge in [0.2, 0.25) is 0 Å². The summed E-state index contributed by atoms with van der Waals surface area (Å²) in [4.78, 5) is 13.4. The molecule has 0 saturated heterocycles. The van der Waals surface area contributed by atoms with Gasteiger partial charge >= 0.3 is 5.97 Å². The van der Waals surface area contributed by atoms with Crippen molar-refractivity contribution in [1.82, 2.24) is 9.47 Å². The van der Waals surface area contributed by atoms with Crippen molar-refractivity contribution in [2.24, 2.45) is 0 Å². The summed E-state index contributed by atoms with van der Waals surface area (Å²) in [6, 6.07) is 2.35. The summed E-state index contributed by atoms with van der Waals surface area (Å²) in [6.45, 7) is 9.99. The van der Waals surface area contributed by atoms with Crippen molar-refractivity contribution in [1.29, 1.82) is 0 Å². The van der Waals surface area contributed by atoms with Crippen LogP contribution in [0.2, 0.25) is 5.02 Å². The zero-order chi connectivity index (χ0) is 13.9. The van der Waals surface area contributed by atoms with E-state index in [1.807, 2.05) is 0 Å². The fourth-order valence-corrected chi connectivity index (χ4v) is 2.40. The Labute approximate surface area is 113 Å². The van der Waals surface area contributed by atoms with Crippen LogP contribution in [0.1, 0.15) is 38.2 Å². The first-order valence-corrected chi connectivity index (χ1v) is 6.55. The number of carboxylic acids is 1. The smallest absolute Gasteiger partial charge is 0.352 e. The first kappa shape index (κ1) is 15.1. The Hall–Kier alpha value is -1.00. The molecular weight excluding hydrogens is 252 g/mol. The lowest BCUT2D eigenvalue weighted by molar-refractivity contribution is 0.0683. The highest BCUT2D eigenvalue weighted by Gasteiger charge is 2.16. The van der Waals surface area contributed by atoms with Crippen molar-refractivity contribution in [3.63, 3.8) is 0 Å². The highest BCUT2D eigenvalue weighted by Crippen LogP contribution is 2.15. The van der Waals surface area contributed by atoms with Gasteiger partial charge in [-0.1, -0.05) is 11.6 Å². The average molecular weight is 273 g/mol. The molecule has 0 amide bonds. The van der Waals surface area contributed by atoms with Crippen molar-refractivity contribution in [2.45, 2.75) is 46.3 Å². The Balaban J connectivity index is 2.76. The van der Waals surface area contributed by atoms with E-state index in [1.165, 1.54) is 6.07 Å². The van der Waals surface area contributed by atoms with Crippen LogP contribution in [0.25, 0.3) is 0 Å². The van der Waals surface area contributed by atoms with Gasteiger partial charge in [0.15, 0.2) is 0 Å². The molecule has 0 aromatic carbocycles. The maximum absolute atomic E-state index is 11.1. The molecule has 0 spiro atoms. The summed E-state index contributed by atoms with van der Waals surface area (Å²) in [5, 5.41) is 9.54. The Bertz CT molecular complexity index is 405. The topological polar surface area (TPSA) is 45.5 Å². The molecular formula is C13H21ClN2O2. The summed E-state index contributed by atoms with van der Waals surface area (Å²) in [6.07, 6.45) is 1.67. The molecule has 1 aromatic heterocycles. The maximum Gasteiger partial charge on any atom is 0.352 e. The van der Waals surface area contributed by atoms with Gasteiger partial charge in [-0.15, -0.1) is 0 Å². The van der Waals surface area contributed by atoms with Crippen LogP contribution in [0, 0.1) is 0 Å². The number of hydrogen-bond acceptors (Lipinski definition) is 2. The average Bonchev–Trinajstić information content (AvgIpc) is 2.59. The van der Waals surface area contributed by atoms with Gasteiger partial charge in [0.05, 0.1) is 5.02 Å². The highest BCUT2D eigenvalue weighted by atomic mass is 35.5. The summed E-state index contributed by atoms with van der Waals surface area (Å²) >= 11 is 5.85. The van der Waals surface area contributed by atoms with E-state index < -0.39 is 5.97 Å². The second-order valence-electron chi connectivity index (χ2n) is 4.97. The standard InChI is InChI=1S/C13H21ClN2O2/c1-9(2)16(10(3)4)6-5-15-8-11(14)7-12(15)13(17)18/h7-10H,5-6H2,1-4H3,(H,17,18). The molecule has 0 saturated carbocycles. The van der Waals surface area contributed by atoms with Crippen LogP contribution >= 0.6 is 11.6 Å². The molecule has 0 radical (unpaired) electrons. The van der Waals surface area contributed by atoms with Crippen LogP contribution in [0.5, 0.6) is 0 Å². The van der Waals surface area contributed by atoms with E-state index in [4.69, 9.17) is 16.7 Å². The third kappa shape index (κ3) is 3.75. The van der Waals surface area contributed by atoms with Crippen molar-refractivity contribution in [3.05, 3.63) is 23.0 Å². The van der Waals surface area contributed by atoms with E-state index in [0.717, 1.165) is 6.54 Å². The minimum Gasteiger partial charge on any atom is -0.477 e. The molecule has 18 heavy (non-hydrogen) atoms. The minimum atomic E-state index is -0.942. The molecule has 1 heterocycles. The Kier molecular flexibility index (Phi) is 5.23. The highest BCUT2D eigenvalue weighted by molar-refractivity contribution is 6.30. The number of aromatic carboxylic acids is 1. The van der Waals surface area contributed by atoms with Crippen LogP contribution in [-0.2, 0) is 6.54 Å². The largest absolute Gasteiger partial charge is 0.477 e. The molecule has 1 aromatic rings. The number of rotatable bonds is 6. The second-order valence-corrected chi connectivity index (χ2v) is 5.40. The van der Waals surface area contributed by atoms with Crippen molar-refractivity contribution in [3.8, 4) is 0 Å². The van der Waals surface area contributed by atoms with Gasteiger partial charge in [-0.25, -0.2) is 4.79 Å². The van der Waals surface area contributed by atoms with Gasteiger partial charge < -0.3 is 9.67 Å². The Morgan fingerprint density at radius 1 is 1.39 bits per heavy atom. The van der Waals surface area contributed by atoms with Gasteiger partial charge in [-0.2, -0.15) is 0 Å². The predicted molar refractivity (Wildman–Crippen MR) is 73.4 cm³/mol. The van der Waals surface area contributed by atoms with Gasteiger partial charge in [0, 0.05) is 31.4 Å². The van der Waals surface area contributed by atoms with E-state index in [-0.39, 0.29) is 5.69 Å². The van der Waals surface area contributed by atoms with Gasteiger partial charge in [-0.3, -0.25) is 4.90 Å².